The van der Waals surface area contributed by atoms with Crippen LogP contribution in [0.1, 0.15) is 27.2 Å². The molecule has 0 spiro atoms. The van der Waals surface area contributed by atoms with E-state index in [2.05, 4.69) is 0 Å². The Morgan fingerprint density at radius 1 is 1.18 bits per heavy atom. The fourth-order valence-corrected chi connectivity index (χ4v) is 0.834. The highest BCUT2D eigenvalue weighted by atomic mass is 16.7. The van der Waals surface area contributed by atoms with Gasteiger partial charge in [0.05, 0.1) is 6.10 Å². The molecule has 0 aromatic rings. The molecule has 11 heavy (non-hydrogen) atoms. The van der Waals surface area contributed by atoms with Crippen molar-refractivity contribution in [3.63, 3.8) is 0 Å². The molecule has 0 aliphatic heterocycles. The number of aliphatic hydroxyl groups excluding tert-OH is 1. The Morgan fingerprint density at radius 2 is 1.64 bits per heavy atom. The Bertz CT molecular complexity index is 77.4. The van der Waals surface area contributed by atoms with Gasteiger partial charge in [-0.2, -0.15) is 0 Å². The number of hydrogen-bond donors (Lipinski definition) is 1. The van der Waals surface area contributed by atoms with Gasteiger partial charge in [0, 0.05) is 19.6 Å². The molecule has 0 bridgehead atoms. The Kier molecular flexibility index (Phi) is 6.51. The zero-order valence-corrected chi connectivity index (χ0v) is 7.54. The van der Waals surface area contributed by atoms with E-state index in [0.717, 1.165) is 0 Å². The van der Waals surface area contributed by atoms with Crippen molar-refractivity contribution in [3.8, 4) is 0 Å². The number of ether oxygens (including phenoxy) is 2. The standard InChI is InChI=1S/C8H18O3/c1-4-10-8(11-5-2)6-7(3)9/h7-9H,4-6H2,1-3H3. The summed E-state index contributed by atoms with van der Waals surface area (Å²) in [4.78, 5) is 0. The van der Waals surface area contributed by atoms with Gasteiger partial charge in [0.2, 0.25) is 0 Å². The lowest BCUT2D eigenvalue weighted by atomic mass is 10.3. The van der Waals surface area contributed by atoms with Gasteiger partial charge in [-0.3, -0.25) is 0 Å². The smallest absolute Gasteiger partial charge is 0.159 e. The third-order valence-corrected chi connectivity index (χ3v) is 1.24. The molecule has 3 heteroatoms. The van der Waals surface area contributed by atoms with E-state index in [1.807, 2.05) is 13.8 Å². The van der Waals surface area contributed by atoms with Crippen LogP contribution in [0, 0.1) is 0 Å². The van der Waals surface area contributed by atoms with Crippen LogP contribution >= 0.6 is 0 Å². The third-order valence-electron chi connectivity index (χ3n) is 1.24. The second kappa shape index (κ2) is 6.58. The van der Waals surface area contributed by atoms with E-state index in [0.29, 0.717) is 19.6 Å². The molecule has 0 saturated carbocycles. The quantitative estimate of drug-likeness (QED) is 0.595. The summed E-state index contributed by atoms with van der Waals surface area (Å²) < 4.78 is 10.4. The minimum atomic E-state index is -0.363. The SMILES string of the molecule is CCOC(CC(C)O)OCC. The fraction of sp³-hybridized carbons (Fsp3) is 1.00. The van der Waals surface area contributed by atoms with Crippen molar-refractivity contribution < 1.29 is 14.6 Å². The predicted molar refractivity (Wildman–Crippen MR) is 43.3 cm³/mol. The summed E-state index contributed by atoms with van der Waals surface area (Å²) in [7, 11) is 0. The van der Waals surface area contributed by atoms with Crippen molar-refractivity contribution in [1.29, 1.82) is 0 Å². The van der Waals surface area contributed by atoms with Gasteiger partial charge in [0.15, 0.2) is 6.29 Å². The molecule has 0 fully saturated rings. The number of hydrogen-bond acceptors (Lipinski definition) is 3. The summed E-state index contributed by atoms with van der Waals surface area (Å²) in [5.74, 6) is 0. The maximum absolute atomic E-state index is 9.02. The van der Waals surface area contributed by atoms with E-state index in [-0.39, 0.29) is 12.4 Å². The first-order chi connectivity index (χ1) is 5.20. The molecule has 1 unspecified atom stereocenters. The van der Waals surface area contributed by atoms with Crippen molar-refractivity contribution in [3.05, 3.63) is 0 Å². The van der Waals surface area contributed by atoms with Gasteiger partial charge in [0.1, 0.15) is 0 Å². The Hall–Kier alpha value is -0.120. The normalized spacial score (nSPS) is 13.9. The molecule has 0 aliphatic rings. The van der Waals surface area contributed by atoms with Crippen LogP contribution in [0.2, 0.25) is 0 Å². The van der Waals surface area contributed by atoms with E-state index in [9.17, 15) is 0 Å². The lowest BCUT2D eigenvalue weighted by Crippen LogP contribution is -2.22. The van der Waals surface area contributed by atoms with E-state index in [1.165, 1.54) is 0 Å². The Morgan fingerprint density at radius 3 is 1.91 bits per heavy atom. The van der Waals surface area contributed by atoms with Crippen LogP contribution in [-0.2, 0) is 9.47 Å². The van der Waals surface area contributed by atoms with Gasteiger partial charge in [-0.25, -0.2) is 0 Å². The van der Waals surface area contributed by atoms with Crippen LogP contribution in [0.15, 0.2) is 0 Å². The van der Waals surface area contributed by atoms with Crippen molar-refractivity contribution in [2.24, 2.45) is 0 Å². The molecule has 0 saturated heterocycles. The summed E-state index contributed by atoms with van der Waals surface area (Å²) in [5.41, 5.74) is 0. The molecule has 0 aromatic heterocycles. The van der Waals surface area contributed by atoms with E-state index in [1.54, 1.807) is 6.92 Å². The molecule has 0 aromatic carbocycles. The molecular weight excluding hydrogens is 144 g/mol. The highest BCUT2D eigenvalue weighted by molar-refractivity contribution is 4.51. The molecule has 0 rings (SSSR count). The summed E-state index contributed by atoms with van der Waals surface area (Å²) >= 11 is 0. The van der Waals surface area contributed by atoms with Crippen LogP contribution in [0.4, 0.5) is 0 Å². The number of rotatable bonds is 6. The highest BCUT2D eigenvalue weighted by Gasteiger charge is 2.10. The second-order valence-electron chi connectivity index (χ2n) is 2.42. The maximum atomic E-state index is 9.02. The van der Waals surface area contributed by atoms with Crippen molar-refractivity contribution >= 4 is 0 Å². The first kappa shape index (κ1) is 10.9. The van der Waals surface area contributed by atoms with Crippen LogP contribution in [0.3, 0.4) is 0 Å². The second-order valence-corrected chi connectivity index (χ2v) is 2.42. The lowest BCUT2D eigenvalue weighted by Gasteiger charge is -2.17. The zero-order chi connectivity index (χ0) is 8.69. The van der Waals surface area contributed by atoms with Gasteiger partial charge >= 0.3 is 0 Å². The maximum Gasteiger partial charge on any atom is 0.159 e. The monoisotopic (exact) mass is 162 g/mol. The van der Waals surface area contributed by atoms with Gasteiger partial charge in [-0.1, -0.05) is 0 Å². The number of aliphatic hydroxyl groups is 1. The minimum Gasteiger partial charge on any atom is -0.393 e. The summed E-state index contributed by atoms with van der Waals surface area (Å²) in [6.45, 7) is 6.79. The van der Waals surface area contributed by atoms with E-state index < -0.39 is 0 Å². The fourth-order valence-electron chi connectivity index (χ4n) is 0.834. The molecule has 68 valence electrons. The largest absolute Gasteiger partial charge is 0.393 e. The average Bonchev–Trinajstić information content (AvgIpc) is 1.87. The average molecular weight is 162 g/mol. The van der Waals surface area contributed by atoms with Crippen LogP contribution in [0.5, 0.6) is 0 Å². The lowest BCUT2D eigenvalue weighted by molar-refractivity contribution is -0.150. The van der Waals surface area contributed by atoms with Crippen molar-refractivity contribution in [2.75, 3.05) is 13.2 Å². The van der Waals surface area contributed by atoms with Gasteiger partial charge < -0.3 is 14.6 Å². The molecule has 0 radical (unpaired) electrons. The highest BCUT2D eigenvalue weighted by Crippen LogP contribution is 2.03. The Labute approximate surface area is 68.3 Å². The molecule has 3 nitrogen and oxygen atoms in total. The summed E-state index contributed by atoms with van der Waals surface area (Å²) in [6.07, 6.45) is -0.0649. The summed E-state index contributed by atoms with van der Waals surface area (Å²) in [6, 6.07) is 0. The molecule has 0 amide bonds. The topological polar surface area (TPSA) is 38.7 Å². The van der Waals surface area contributed by atoms with Crippen molar-refractivity contribution in [2.45, 2.75) is 39.6 Å². The van der Waals surface area contributed by atoms with Crippen LogP contribution in [0.25, 0.3) is 0 Å². The molecule has 1 atom stereocenters. The molecule has 0 aliphatic carbocycles. The predicted octanol–water partition coefficient (Wildman–Crippen LogP) is 1.16. The van der Waals surface area contributed by atoms with Gasteiger partial charge in [-0.15, -0.1) is 0 Å². The van der Waals surface area contributed by atoms with E-state index >= 15 is 0 Å². The third kappa shape index (κ3) is 6.28. The molecular formula is C8H18O3. The van der Waals surface area contributed by atoms with Crippen LogP contribution in [-0.4, -0.2) is 30.7 Å². The Balaban J connectivity index is 3.50. The zero-order valence-electron chi connectivity index (χ0n) is 7.54. The van der Waals surface area contributed by atoms with Crippen molar-refractivity contribution in [1.82, 2.24) is 0 Å². The van der Waals surface area contributed by atoms with Crippen LogP contribution < -0.4 is 0 Å². The van der Waals surface area contributed by atoms with Gasteiger partial charge in [-0.05, 0) is 20.8 Å². The summed E-state index contributed by atoms with van der Waals surface area (Å²) in [5, 5.41) is 9.02. The minimum absolute atomic E-state index is 0.245. The van der Waals surface area contributed by atoms with E-state index in [4.69, 9.17) is 14.6 Å². The molecule has 1 N–H and O–H groups in total. The first-order valence-electron chi connectivity index (χ1n) is 4.12. The molecule has 0 heterocycles. The van der Waals surface area contributed by atoms with Gasteiger partial charge in [0.25, 0.3) is 0 Å². The first-order valence-corrected chi connectivity index (χ1v) is 4.12.